The summed E-state index contributed by atoms with van der Waals surface area (Å²) >= 11 is 0. The number of hydrogen-bond acceptors (Lipinski definition) is 3. The molecular weight excluding hydrogens is 343 g/mol. The molecule has 27 heavy (non-hydrogen) atoms. The maximum absolute atomic E-state index is 13.1. The van der Waals surface area contributed by atoms with Gasteiger partial charge in [-0.3, -0.25) is 9.59 Å². The second kappa shape index (κ2) is 9.97. The zero-order chi connectivity index (χ0) is 19.8. The number of Topliss-reactive ketones (excluding diaryl/α,β-unsaturated/α-hetero) is 1. The van der Waals surface area contributed by atoms with Crippen LogP contribution in [0.2, 0.25) is 0 Å². The smallest absolute Gasteiger partial charge is 0.234 e. The first-order valence-electron chi connectivity index (χ1n) is 9.19. The summed E-state index contributed by atoms with van der Waals surface area (Å²) in [5.74, 6) is -0.384. The van der Waals surface area contributed by atoms with Crippen LogP contribution in [0.1, 0.15) is 37.9 Å². The molecule has 2 N–H and O–H groups in total. The van der Waals surface area contributed by atoms with Crippen LogP contribution in [-0.2, 0) is 16.0 Å². The molecule has 2 rings (SSSR count). The zero-order valence-electron chi connectivity index (χ0n) is 16.0. The molecule has 0 unspecified atom stereocenters. The van der Waals surface area contributed by atoms with Crippen molar-refractivity contribution in [1.29, 1.82) is 0 Å². The molecule has 2 aromatic rings. The van der Waals surface area contributed by atoms with Crippen molar-refractivity contribution < 1.29 is 14.0 Å². The highest BCUT2D eigenvalue weighted by Gasteiger charge is 2.20. The summed E-state index contributed by atoms with van der Waals surface area (Å²) in [6, 6.07) is 15.2. The van der Waals surface area contributed by atoms with Crippen LogP contribution in [0.4, 0.5) is 4.39 Å². The number of ketones is 1. The SMILES string of the molecule is CC(=O)[C@H](Cc1ccccc1)NC(=O)CN[C@@H](c1ccc(F)cc1)C(C)C. The van der Waals surface area contributed by atoms with Crippen LogP contribution in [0.3, 0.4) is 0 Å². The van der Waals surface area contributed by atoms with Gasteiger partial charge in [0.1, 0.15) is 5.82 Å². The number of rotatable bonds is 9. The Bertz CT molecular complexity index is 745. The van der Waals surface area contributed by atoms with Crippen molar-refractivity contribution in [2.24, 2.45) is 5.92 Å². The molecule has 0 fully saturated rings. The summed E-state index contributed by atoms with van der Waals surface area (Å²) in [6.45, 7) is 5.63. The molecule has 0 aliphatic carbocycles. The first kappa shape index (κ1) is 20.8. The predicted octanol–water partition coefficient (Wildman–Crippen LogP) is 3.43. The standard InChI is InChI=1S/C22H27FN2O2/c1-15(2)22(18-9-11-19(23)12-10-18)24-14-21(27)25-20(16(3)26)13-17-7-5-4-6-8-17/h4-12,15,20,22,24H,13-14H2,1-3H3,(H,25,27)/t20-,22+/m0/s1. The maximum atomic E-state index is 13.1. The van der Waals surface area contributed by atoms with Crippen molar-refractivity contribution in [1.82, 2.24) is 10.6 Å². The molecule has 144 valence electrons. The van der Waals surface area contributed by atoms with Gasteiger partial charge in [0.05, 0.1) is 12.6 Å². The molecule has 0 heterocycles. The fraction of sp³-hybridized carbons (Fsp3) is 0.364. The lowest BCUT2D eigenvalue weighted by atomic mass is 9.96. The lowest BCUT2D eigenvalue weighted by Crippen LogP contribution is -2.45. The predicted molar refractivity (Wildman–Crippen MR) is 105 cm³/mol. The average Bonchev–Trinajstić information content (AvgIpc) is 2.63. The molecular formula is C22H27FN2O2. The minimum atomic E-state index is -0.551. The summed E-state index contributed by atoms with van der Waals surface area (Å²) in [7, 11) is 0. The minimum Gasteiger partial charge on any atom is -0.345 e. The molecule has 0 radical (unpaired) electrons. The van der Waals surface area contributed by atoms with E-state index in [1.165, 1.54) is 19.1 Å². The Morgan fingerprint density at radius 3 is 2.19 bits per heavy atom. The Morgan fingerprint density at radius 2 is 1.63 bits per heavy atom. The van der Waals surface area contributed by atoms with Crippen LogP contribution in [-0.4, -0.2) is 24.3 Å². The second-order valence-corrected chi connectivity index (χ2v) is 7.07. The van der Waals surface area contributed by atoms with Gasteiger partial charge in [-0.25, -0.2) is 4.39 Å². The van der Waals surface area contributed by atoms with Crippen molar-refractivity contribution in [3.8, 4) is 0 Å². The number of amides is 1. The van der Waals surface area contributed by atoms with Crippen molar-refractivity contribution in [3.63, 3.8) is 0 Å². The molecule has 0 saturated carbocycles. The Kier molecular flexibility index (Phi) is 7.67. The Morgan fingerprint density at radius 1 is 1.00 bits per heavy atom. The van der Waals surface area contributed by atoms with Crippen molar-refractivity contribution >= 4 is 11.7 Å². The molecule has 0 aliphatic heterocycles. The molecule has 0 saturated heterocycles. The van der Waals surface area contributed by atoms with Crippen LogP contribution in [0.15, 0.2) is 54.6 Å². The fourth-order valence-corrected chi connectivity index (χ4v) is 3.00. The Hall–Kier alpha value is -2.53. The van der Waals surface area contributed by atoms with Crippen LogP contribution in [0.25, 0.3) is 0 Å². The number of hydrogen-bond donors (Lipinski definition) is 2. The van der Waals surface area contributed by atoms with Crippen LogP contribution < -0.4 is 10.6 Å². The van der Waals surface area contributed by atoms with Gasteiger partial charge >= 0.3 is 0 Å². The maximum Gasteiger partial charge on any atom is 0.234 e. The highest BCUT2D eigenvalue weighted by atomic mass is 19.1. The third-order valence-electron chi connectivity index (χ3n) is 4.49. The molecule has 0 spiro atoms. The molecule has 0 aliphatic rings. The largest absolute Gasteiger partial charge is 0.345 e. The molecule has 4 nitrogen and oxygen atoms in total. The van der Waals surface area contributed by atoms with E-state index in [1.54, 1.807) is 12.1 Å². The summed E-state index contributed by atoms with van der Waals surface area (Å²) in [6.07, 6.45) is 0.466. The molecule has 2 atom stereocenters. The quantitative estimate of drug-likeness (QED) is 0.711. The van der Waals surface area contributed by atoms with E-state index in [9.17, 15) is 14.0 Å². The van der Waals surface area contributed by atoms with Gasteiger partial charge in [-0.1, -0.05) is 56.3 Å². The van der Waals surface area contributed by atoms with Crippen LogP contribution >= 0.6 is 0 Å². The van der Waals surface area contributed by atoms with E-state index in [0.717, 1.165) is 11.1 Å². The van der Waals surface area contributed by atoms with Crippen molar-refractivity contribution in [2.75, 3.05) is 6.54 Å². The van der Waals surface area contributed by atoms with Crippen molar-refractivity contribution in [2.45, 2.75) is 39.3 Å². The van der Waals surface area contributed by atoms with Gasteiger partial charge in [0.15, 0.2) is 5.78 Å². The number of carbonyl (C=O) groups excluding carboxylic acids is 2. The van der Waals surface area contributed by atoms with Gasteiger partial charge in [-0.05, 0) is 42.5 Å². The number of halogens is 1. The number of carbonyl (C=O) groups is 2. The van der Waals surface area contributed by atoms with Crippen LogP contribution in [0, 0.1) is 11.7 Å². The number of nitrogens with one attached hydrogen (secondary N) is 2. The van der Waals surface area contributed by atoms with E-state index in [0.29, 0.717) is 6.42 Å². The lowest BCUT2D eigenvalue weighted by Gasteiger charge is -2.23. The van der Waals surface area contributed by atoms with Gasteiger partial charge in [-0.15, -0.1) is 0 Å². The van der Waals surface area contributed by atoms with Gasteiger partial charge in [-0.2, -0.15) is 0 Å². The molecule has 2 aromatic carbocycles. The summed E-state index contributed by atoms with van der Waals surface area (Å²) < 4.78 is 13.1. The van der Waals surface area contributed by atoms with Gasteiger partial charge in [0.2, 0.25) is 5.91 Å². The van der Waals surface area contributed by atoms with E-state index in [-0.39, 0.29) is 36.0 Å². The number of benzene rings is 2. The van der Waals surface area contributed by atoms with E-state index in [1.807, 2.05) is 44.2 Å². The zero-order valence-corrected chi connectivity index (χ0v) is 16.0. The van der Waals surface area contributed by atoms with Crippen LogP contribution in [0.5, 0.6) is 0 Å². The molecule has 0 bridgehead atoms. The summed E-state index contributed by atoms with van der Waals surface area (Å²) in [4.78, 5) is 24.3. The van der Waals surface area contributed by atoms with E-state index >= 15 is 0 Å². The van der Waals surface area contributed by atoms with E-state index < -0.39 is 6.04 Å². The average molecular weight is 370 g/mol. The van der Waals surface area contributed by atoms with Gasteiger partial charge in [0.25, 0.3) is 0 Å². The van der Waals surface area contributed by atoms with Gasteiger partial charge < -0.3 is 10.6 Å². The molecule has 0 aromatic heterocycles. The topological polar surface area (TPSA) is 58.2 Å². The fourth-order valence-electron chi connectivity index (χ4n) is 3.00. The second-order valence-electron chi connectivity index (χ2n) is 7.07. The molecule has 5 heteroatoms. The minimum absolute atomic E-state index is 0.0776. The van der Waals surface area contributed by atoms with E-state index in [2.05, 4.69) is 10.6 Å². The first-order chi connectivity index (χ1) is 12.9. The van der Waals surface area contributed by atoms with Crippen molar-refractivity contribution in [3.05, 3.63) is 71.5 Å². The lowest BCUT2D eigenvalue weighted by molar-refractivity contribution is -0.126. The van der Waals surface area contributed by atoms with E-state index in [4.69, 9.17) is 0 Å². The third-order valence-corrected chi connectivity index (χ3v) is 4.49. The molecule has 1 amide bonds. The third kappa shape index (κ3) is 6.61. The highest BCUT2D eigenvalue weighted by molar-refractivity contribution is 5.88. The highest BCUT2D eigenvalue weighted by Crippen LogP contribution is 2.21. The summed E-state index contributed by atoms with van der Waals surface area (Å²) in [5.41, 5.74) is 1.92. The Balaban J connectivity index is 1.95. The monoisotopic (exact) mass is 370 g/mol. The summed E-state index contributed by atoms with van der Waals surface area (Å²) in [5, 5.41) is 6.03. The Labute approximate surface area is 160 Å². The first-order valence-corrected chi connectivity index (χ1v) is 9.19. The van der Waals surface area contributed by atoms with Gasteiger partial charge in [0, 0.05) is 6.04 Å². The normalized spacial score (nSPS) is 13.2.